The molecule has 23 heavy (non-hydrogen) atoms. The van der Waals surface area contributed by atoms with Gasteiger partial charge in [-0.15, -0.1) is 0 Å². The Balaban J connectivity index is 2.00. The van der Waals surface area contributed by atoms with Gasteiger partial charge in [-0.1, -0.05) is 12.1 Å². The number of hydrogen-bond donors (Lipinski definition) is 3. The first-order chi connectivity index (χ1) is 11.2. The molecule has 3 N–H and O–H groups in total. The zero-order chi connectivity index (χ0) is 16.5. The van der Waals surface area contributed by atoms with Gasteiger partial charge in [-0.2, -0.15) is 0 Å². The fourth-order valence-corrected chi connectivity index (χ4v) is 2.04. The van der Waals surface area contributed by atoms with E-state index < -0.39 is 5.82 Å². The summed E-state index contributed by atoms with van der Waals surface area (Å²) < 4.78 is 13.4. The number of aromatic nitrogens is 1. The predicted molar refractivity (Wildman–Crippen MR) is 88.2 cm³/mol. The van der Waals surface area contributed by atoms with Gasteiger partial charge in [0.1, 0.15) is 5.82 Å². The molecule has 0 radical (unpaired) electrons. The Morgan fingerprint density at radius 3 is 2.83 bits per heavy atom. The first kappa shape index (κ1) is 16.9. The molecule has 0 aliphatic carbocycles. The SMILES string of the molecule is CCNC(=NCc1ccc(F)c(CO)c1)NCc1ccccn1. The molecule has 2 aromatic rings. The van der Waals surface area contributed by atoms with Crippen LogP contribution < -0.4 is 10.6 Å². The number of nitrogens with zero attached hydrogens (tertiary/aromatic N) is 2. The molecule has 0 saturated carbocycles. The van der Waals surface area contributed by atoms with E-state index in [9.17, 15) is 4.39 Å². The standard InChI is InChI=1S/C17H21FN4O/c1-2-19-17(22-11-15-5-3-4-8-20-15)21-10-13-6-7-16(18)14(9-13)12-23/h3-9,23H,2,10-12H2,1H3,(H2,19,21,22). The van der Waals surface area contributed by atoms with Crippen LogP contribution in [0.25, 0.3) is 0 Å². The zero-order valence-electron chi connectivity index (χ0n) is 13.1. The van der Waals surface area contributed by atoms with Crippen LogP contribution in [-0.4, -0.2) is 22.6 Å². The lowest BCUT2D eigenvalue weighted by molar-refractivity contribution is 0.275. The van der Waals surface area contributed by atoms with Gasteiger partial charge >= 0.3 is 0 Å². The number of rotatable bonds is 6. The number of nitrogens with one attached hydrogen (secondary N) is 2. The van der Waals surface area contributed by atoms with Gasteiger partial charge in [0.05, 0.1) is 25.4 Å². The van der Waals surface area contributed by atoms with Gasteiger partial charge in [0.2, 0.25) is 0 Å². The molecule has 0 unspecified atom stereocenters. The summed E-state index contributed by atoms with van der Waals surface area (Å²) in [5.41, 5.74) is 2.04. The third kappa shape index (κ3) is 5.34. The van der Waals surface area contributed by atoms with E-state index in [2.05, 4.69) is 20.6 Å². The molecule has 0 spiro atoms. The van der Waals surface area contributed by atoms with E-state index in [0.717, 1.165) is 17.8 Å². The van der Waals surface area contributed by atoms with Crippen molar-refractivity contribution < 1.29 is 9.50 Å². The summed E-state index contributed by atoms with van der Waals surface area (Å²) in [5, 5.41) is 15.5. The van der Waals surface area contributed by atoms with Gasteiger partial charge in [-0.3, -0.25) is 4.98 Å². The summed E-state index contributed by atoms with van der Waals surface area (Å²) in [5.74, 6) is 0.258. The first-order valence-electron chi connectivity index (χ1n) is 7.53. The molecule has 0 amide bonds. The van der Waals surface area contributed by atoms with Crippen LogP contribution in [0, 0.1) is 5.82 Å². The minimum absolute atomic E-state index is 0.282. The van der Waals surface area contributed by atoms with E-state index in [1.807, 2.05) is 25.1 Å². The lowest BCUT2D eigenvalue weighted by atomic mass is 10.1. The molecule has 0 saturated heterocycles. The Morgan fingerprint density at radius 2 is 2.13 bits per heavy atom. The molecule has 1 aromatic heterocycles. The second-order valence-corrected chi connectivity index (χ2v) is 4.95. The number of benzene rings is 1. The molecule has 1 aromatic carbocycles. The van der Waals surface area contributed by atoms with Crippen LogP contribution in [0.15, 0.2) is 47.6 Å². The van der Waals surface area contributed by atoms with Gasteiger partial charge in [0.25, 0.3) is 0 Å². The predicted octanol–water partition coefficient (Wildman–Crippen LogP) is 1.97. The first-order valence-corrected chi connectivity index (χ1v) is 7.53. The third-order valence-electron chi connectivity index (χ3n) is 3.21. The van der Waals surface area contributed by atoms with E-state index in [1.54, 1.807) is 18.3 Å². The largest absolute Gasteiger partial charge is 0.392 e. The number of aliphatic hydroxyl groups excluding tert-OH is 1. The van der Waals surface area contributed by atoms with E-state index in [-0.39, 0.29) is 12.2 Å². The highest BCUT2D eigenvalue weighted by molar-refractivity contribution is 5.79. The second kappa shape index (κ2) is 8.85. The molecule has 0 bridgehead atoms. The van der Waals surface area contributed by atoms with Crippen LogP contribution in [0.4, 0.5) is 4.39 Å². The van der Waals surface area contributed by atoms with E-state index in [4.69, 9.17) is 5.11 Å². The molecule has 1 heterocycles. The second-order valence-electron chi connectivity index (χ2n) is 4.95. The summed E-state index contributed by atoms with van der Waals surface area (Å²) in [4.78, 5) is 8.71. The number of halogens is 1. The van der Waals surface area contributed by atoms with Crippen molar-refractivity contribution in [3.05, 3.63) is 65.2 Å². The summed E-state index contributed by atoms with van der Waals surface area (Å²) in [6.07, 6.45) is 1.75. The minimum Gasteiger partial charge on any atom is -0.392 e. The molecule has 0 aliphatic heterocycles. The summed E-state index contributed by atoms with van der Waals surface area (Å²) >= 11 is 0. The van der Waals surface area contributed by atoms with Crippen molar-refractivity contribution in [3.63, 3.8) is 0 Å². The molecular weight excluding hydrogens is 295 g/mol. The molecule has 0 atom stereocenters. The summed E-state index contributed by atoms with van der Waals surface area (Å²) in [6.45, 7) is 3.36. The highest BCUT2D eigenvalue weighted by Crippen LogP contribution is 2.11. The third-order valence-corrected chi connectivity index (χ3v) is 3.21. The van der Waals surface area contributed by atoms with Crippen LogP contribution in [0.3, 0.4) is 0 Å². The Kier molecular flexibility index (Phi) is 6.50. The molecule has 122 valence electrons. The van der Waals surface area contributed by atoms with Crippen molar-refractivity contribution >= 4 is 5.96 Å². The van der Waals surface area contributed by atoms with Gasteiger partial charge in [-0.05, 0) is 36.8 Å². The average molecular weight is 316 g/mol. The van der Waals surface area contributed by atoms with Crippen molar-refractivity contribution in [1.82, 2.24) is 15.6 Å². The van der Waals surface area contributed by atoms with Crippen LogP contribution >= 0.6 is 0 Å². The van der Waals surface area contributed by atoms with Crippen LogP contribution in [-0.2, 0) is 19.7 Å². The number of aliphatic imine (C=N–C) groups is 1. The fourth-order valence-electron chi connectivity index (χ4n) is 2.04. The van der Waals surface area contributed by atoms with Crippen molar-refractivity contribution in [2.75, 3.05) is 6.54 Å². The van der Waals surface area contributed by atoms with Crippen LogP contribution in [0.2, 0.25) is 0 Å². The Labute approximate surface area is 135 Å². The average Bonchev–Trinajstić information content (AvgIpc) is 2.59. The molecule has 0 fully saturated rings. The highest BCUT2D eigenvalue weighted by Gasteiger charge is 2.03. The smallest absolute Gasteiger partial charge is 0.191 e. The monoisotopic (exact) mass is 316 g/mol. The molecular formula is C17H21FN4O. The van der Waals surface area contributed by atoms with Crippen LogP contribution in [0.5, 0.6) is 0 Å². The number of aliphatic hydroxyl groups is 1. The quantitative estimate of drug-likeness (QED) is 0.563. The number of pyridine rings is 1. The number of guanidine groups is 1. The Morgan fingerprint density at radius 1 is 1.26 bits per heavy atom. The molecule has 0 aliphatic rings. The maximum atomic E-state index is 13.4. The molecule has 5 nitrogen and oxygen atoms in total. The zero-order valence-corrected chi connectivity index (χ0v) is 13.1. The maximum absolute atomic E-state index is 13.4. The maximum Gasteiger partial charge on any atom is 0.191 e. The van der Waals surface area contributed by atoms with E-state index >= 15 is 0 Å². The normalized spacial score (nSPS) is 11.3. The van der Waals surface area contributed by atoms with E-state index in [1.165, 1.54) is 6.07 Å². The Hall–Kier alpha value is -2.47. The summed E-state index contributed by atoms with van der Waals surface area (Å²) in [7, 11) is 0. The molecule has 2 rings (SSSR count). The minimum atomic E-state index is -0.402. The van der Waals surface area contributed by atoms with Gasteiger partial charge in [0, 0.05) is 18.3 Å². The fraction of sp³-hybridized carbons (Fsp3) is 0.294. The van der Waals surface area contributed by atoms with Crippen LogP contribution in [0.1, 0.15) is 23.7 Å². The van der Waals surface area contributed by atoms with E-state index in [0.29, 0.717) is 19.0 Å². The van der Waals surface area contributed by atoms with Crippen molar-refractivity contribution in [2.45, 2.75) is 26.6 Å². The lowest BCUT2D eigenvalue weighted by Gasteiger charge is -2.11. The summed E-state index contributed by atoms with van der Waals surface area (Å²) in [6, 6.07) is 10.4. The van der Waals surface area contributed by atoms with Gasteiger partial charge < -0.3 is 15.7 Å². The van der Waals surface area contributed by atoms with Gasteiger partial charge in [-0.25, -0.2) is 9.38 Å². The molecule has 6 heteroatoms. The van der Waals surface area contributed by atoms with Crippen molar-refractivity contribution in [1.29, 1.82) is 0 Å². The van der Waals surface area contributed by atoms with Crippen molar-refractivity contribution in [2.24, 2.45) is 4.99 Å². The number of hydrogen-bond acceptors (Lipinski definition) is 3. The van der Waals surface area contributed by atoms with Crippen molar-refractivity contribution in [3.8, 4) is 0 Å². The highest BCUT2D eigenvalue weighted by atomic mass is 19.1. The lowest BCUT2D eigenvalue weighted by Crippen LogP contribution is -2.37. The topological polar surface area (TPSA) is 69.5 Å². The van der Waals surface area contributed by atoms with Gasteiger partial charge in [0.15, 0.2) is 5.96 Å². The Bertz CT molecular complexity index is 646.